The number of nitrogens with zero attached hydrogens (tertiary/aromatic N) is 1. The molecule has 45 heavy (non-hydrogen) atoms. The maximum absolute atomic E-state index is 13.7. The van der Waals surface area contributed by atoms with Crippen LogP contribution in [0.3, 0.4) is 0 Å². The number of ether oxygens (including phenoxy) is 1. The minimum absolute atomic E-state index is 0.0390. The lowest BCUT2D eigenvalue weighted by Gasteiger charge is -2.36. The van der Waals surface area contributed by atoms with Crippen molar-refractivity contribution in [1.82, 2.24) is 4.90 Å². The summed E-state index contributed by atoms with van der Waals surface area (Å²) < 4.78 is 6.08. The number of aliphatic carboxylic acids is 1. The lowest BCUT2D eigenvalue weighted by Crippen LogP contribution is -2.40. The van der Waals surface area contributed by atoms with Crippen molar-refractivity contribution >= 4 is 23.9 Å². The van der Waals surface area contributed by atoms with Gasteiger partial charge in [0.05, 0.1) is 24.5 Å². The van der Waals surface area contributed by atoms with Gasteiger partial charge in [-0.05, 0) is 67.9 Å². The molecule has 2 aromatic carbocycles. The van der Waals surface area contributed by atoms with Gasteiger partial charge in [-0.25, -0.2) is 0 Å². The van der Waals surface area contributed by atoms with Gasteiger partial charge in [0.1, 0.15) is 18.1 Å². The lowest BCUT2D eigenvalue weighted by molar-refractivity contribution is -0.141. The van der Waals surface area contributed by atoms with Gasteiger partial charge in [0, 0.05) is 24.4 Å². The van der Waals surface area contributed by atoms with Crippen LogP contribution >= 0.6 is 0 Å². The van der Waals surface area contributed by atoms with E-state index in [-0.39, 0.29) is 43.6 Å². The number of phenolic OH excluding ortho intramolecular Hbond substituents is 1. The number of carbonyl (C=O) groups is 3. The van der Waals surface area contributed by atoms with E-state index < -0.39 is 36.4 Å². The zero-order valence-electron chi connectivity index (χ0n) is 25.9. The largest absolute Gasteiger partial charge is 0.507 e. The second kappa shape index (κ2) is 16.4. The van der Waals surface area contributed by atoms with Crippen LogP contribution in [-0.4, -0.2) is 69.0 Å². The topological polar surface area (TPSA) is 145 Å². The van der Waals surface area contributed by atoms with Crippen LogP contribution in [0.4, 0.5) is 0 Å². The smallest absolute Gasteiger partial charge is 0.303 e. The number of carboxylic acid groups (broad SMARTS) is 1. The zero-order chi connectivity index (χ0) is 32.3. The molecule has 9 nitrogen and oxygen atoms in total. The number of phenols is 1. The first-order valence-corrected chi connectivity index (χ1v) is 16.0. The summed E-state index contributed by atoms with van der Waals surface area (Å²) in [7, 11) is 0. The van der Waals surface area contributed by atoms with Crippen molar-refractivity contribution in [2.24, 2.45) is 17.8 Å². The Morgan fingerprint density at radius 2 is 1.73 bits per heavy atom. The minimum atomic E-state index is -0.977. The fourth-order valence-electron chi connectivity index (χ4n) is 6.69. The van der Waals surface area contributed by atoms with E-state index in [4.69, 9.17) is 9.84 Å². The molecule has 4 rings (SSSR count). The van der Waals surface area contributed by atoms with Crippen molar-refractivity contribution in [3.05, 3.63) is 76.9 Å². The number of likely N-dealkylation sites (tertiary alicyclic amines) is 1. The monoisotopic (exact) mass is 619 g/mol. The van der Waals surface area contributed by atoms with E-state index in [1.807, 2.05) is 48.5 Å². The third kappa shape index (κ3) is 8.61. The molecule has 242 valence electrons. The van der Waals surface area contributed by atoms with Crippen molar-refractivity contribution < 1.29 is 39.5 Å². The molecule has 0 radical (unpaired) electrons. The van der Waals surface area contributed by atoms with E-state index in [2.05, 4.69) is 6.92 Å². The van der Waals surface area contributed by atoms with Crippen molar-refractivity contribution in [3.63, 3.8) is 0 Å². The van der Waals surface area contributed by atoms with E-state index in [0.29, 0.717) is 49.0 Å². The van der Waals surface area contributed by atoms with Crippen LogP contribution < -0.4 is 4.74 Å². The van der Waals surface area contributed by atoms with E-state index in [0.717, 1.165) is 24.0 Å². The fraction of sp³-hybridized carbons (Fsp3) is 0.472. The summed E-state index contributed by atoms with van der Waals surface area (Å²) in [6.07, 6.45) is 5.37. The van der Waals surface area contributed by atoms with Crippen LogP contribution in [0.1, 0.15) is 70.3 Å². The Balaban J connectivity index is 1.57. The highest BCUT2D eigenvalue weighted by Gasteiger charge is 2.54. The van der Waals surface area contributed by atoms with E-state index >= 15 is 0 Å². The first-order chi connectivity index (χ1) is 21.7. The first-order valence-electron chi connectivity index (χ1n) is 16.0. The van der Waals surface area contributed by atoms with Gasteiger partial charge >= 0.3 is 5.97 Å². The molecular weight excluding hydrogens is 574 g/mol. The summed E-state index contributed by atoms with van der Waals surface area (Å²) in [4.78, 5) is 39.3. The van der Waals surface area contributed by atoms with Gasteiger partial charge in [0.15, 0.2) is 0 Å². The van der Waals surface area contributed by atoms with Gasteiger partial charge in [-0.15, -0.1) is 0 Å². The minimum Gasteiger partial charge on any atom is -0.507 e. The number of carbonyl (C=O) groups excluding carboxylic acids is 2. The summed E-state index contributed by atoms with van der Waals surface area (Å²) in [6.45, 7) is 1.99. The summed E-state index contributed by atoms with van der Waals surface area (Å²) in [6, 6.07) is 16.3. The average Bonchev–Trinajstić information content (AvgIpc) is 3.27. The molecule has 4 atom stereocenters. The molecule has 0 unspecified atom stereocenters. The molecule has 1 saturated heterocycles. The van der Waals surface area contributed by atoms with Gasteiger partial charge < -0.3 is 25.2 Å². The molecule has 9 heteroatoms. The van der Waals surface area contributed by atoms with E-state index in [1.54, 1.807) is 12.1 Å². The molecule has 2 amide bonds. The van der Waals surface area contributed by atoms with Crippen molar-refractivity contribution in [2.75, 3.05) is 19.8 Å². The predicted octanol–water partition coefficient (Wildman–Crippen LogP) is 5.35. The Bertz CT molecular complexity index is 1380. The maximum atomic E-state index is 13.7. The first kappa shape index (κ1) is 33.9. The molecule has 0 saturated carbocycles. The van der Waals surface area contributed by atoms with Crippen molar-refractivity contribution in [3.8, 4) is 11.5 Å². The number of fused-ring (bicyclic) bond motifs is 1. The Morgan fingerprint density at radius 3 is 2.42 bits per heavy atom. The highest BCUT2D eigenvalue weighted by molar-refractivity contribution is 6.05. The van der Waals surface area contributed by atoms with E-state index in [9.17, 15) is 29.7 Å². The quantitative estimate of drug-likeness (QED) is 0.105. The van der Waals surface area contributed by atoms with Crippen LogP contribution in [-0.2, 0) is 14.4 Å². The second-order valence-electron chi connectivity index (χ2n) is 12.0. The summed E-state index contributed by atoms with van der Waals surface area (Å²) in [5.74, 6) is -2.87. The molecule has 1 aliphatic carbocycles. The number of benzene rings is 2. The maximum Gasteiger partial charge on any atom is 0.303 e. The van der Waals surface area contributed by atoms with Gasteiger partial charge in [-0.1, -0.05) is 67.8 Å². The van der Waals surface area contributed by atoms with Crippen molar-refractivity contribution in [2.45, 2.75) is 70.8 Å². The average molecular weight is 620 g/mol. The molecule has 2 aliphatic rings. The van der Waals surface area contributed by atoms with Crippen LogP contribution in [0, 0.1) is 17.8 Å². The molecule has 0 spiro atoms. The Hall–Kier alpha value is -3.95. The number of rotatable bonds is 17. The van der Waals surface area contributed by atoms with Crippen LogP contribution in [0.15, 0.2) is 71.3 Å². The number of hydrogen-bond acceptors (Lipinski definition) is 7. The number of allylic oxidation sites excluding steroid dienone is 1. The summed E-state index contributed by atoms with van der Waals surface area (Å²) in [5.41, 5.74) is 3.06. The van der Waals surface area contributed by atoms with Gasteiger partial charge in [0.25, 0.3) is 0 Å². The third-order valence-corrected chi connectivity index (χ3v) is 8.87. The van der Waals surface area contributed by atoms with Gasteiger partial charge in [-0.2, -0.15) is 0 Å². The number of unbranched alkanes of at least 4 members (excludes halogenated alkanes) is 2. The number of amides is 2. The number of hydrogen-bond donors (Lipinski definition) is 4. The molecule has 1 heterocycles. The van der Waals surface area contributed by atoms with Crippen LogP contribution in [0.25, 0.3) is 6.08 Å². The van der Waals surface area contributed by atoms with Crippen LogP contribution in [0.2, 0.25) is 0 Å². The SMILES string of the molecule is CCC/C(=C\c1ccccc1O)CC[C@@H](O)C1=C(COc2ccccc2)C[C@H]2C(=O)N(CCCCCC(=O)O)C(=O)[C@H]2[C@H]1CO. The number of aromatic hydroxyl groups is 1. The molecule has 1 fully saturated rings. The summed E-state index contributed by atoms with van der Waals surface area (Å²) >= 11 is 0. The Kier molecular flexibility index (Phi) is 12.4. The summed E-state index contributed by atoms with van der Waals surface area (Å²) in [5, 5.41) is 41.6. The highest BCUT2D eigenvalue weighted by Crippen LogP contribution is 2.46. The second-order valence-corrected chi connectivity index (χ2v) is 12.0. The Morgan fingerprint density at radius 1 is 1.00 bits per heavy atom. The zero-order valence-corrected chi connectivity index (χ0v) is 25.9. The third-order valence-electron chi connectivity index (χ3n) is 8.87. The molecule has 0 bridgehead atoms. The van der Waals surface area contributed by atoms with E-state index in [1.165, 1.54) is 4.90 Å². The predicted molar refractivity (Wildman–Crippen MR) is 170 cm³/mol. The van der Waals surface area contributed by atoms with Crippen molar-refractivity contribution in [1.29, 1.82) is 0 Å². The Labute approximate surface area is 264 Å². The standard InChI is InChI=1S/C36H45NO8/c1-2-11-24(20-25-12-8-9-15-30(25)39)17-18-31(40)33-26(23-45-27-13-5-3-6-14-27)21-28-34(29(33)22-38)36(44)37(35(28)43)19-10-4-7-16-32(41)42/h3,5-6,8-9,12-15,20,28-29,31,34,38-40H,2,4,7,10-11,16-19,21-23H2,1H3,(H,41,42)/b24-20+/t28-,29+,31-,34-/m1/s1. The highest BCUT2D eigenvalue weighted by atomic mass is 16.5. The normalized spacial score (nSPS) is 20.8. The molecule has 4 N–H and O–H groups in total. The van der Waals surface area contributed by atoms with Crippen LogP contribution in [0.5, 0.6) is 11.5 Å². The van der Waals surface area contributed by atoms with Gasteiger partial charge in [0.2, 0.25) is 11.8 Å². The molecular formula is C36H45NO8. The lowest BCUT2D eigenvalue weighted by atomic mass is 9.68. The fourth-order valence-corrected chi connectivity index (χ4v) is 6.69. The van der Waals surface area contributed by atoms with Gasteiger partial charge in [-0.3, -0.25) is 19.3 Å². The molecule has 0 aromatic heterocycles. The molecule has 1 aliphatic heterocycles. The number of aliphatic hydroxyl groups excluding tert-OH is 2. The number of para-hydroxylation sites is 2. The number of aliphatic hydroxyl groups is 2. The number of imide groups is 1. The molecule has 2 aromatic rings. The number of carboxylic acids is 1.